The Morgan fingerprint density at radius 1 is 1.24 bits per heavy atom. The van der Waals surface area contributed by atoms with Crippen LogP contribution in [0.5, 0.6) is 0 Å². The molecule has 110 valence electrons. The molecular formula is C15H14Cl2N2O2. The maximum atomic E-state index is 10.3. The lowest BCUT2D eigenvalue weighted by Crippen LogP contribution is -2.29. The van der Waals surface area contributed by atoms with Crippen LogP contribution in [0.15, 0.2) is 28.2 Å². The second-order valence-electron chi connectivity index (χ2n) is 5.18. The first-order valence-corrected chi connectivity index (χ1v) is 7.53. The van der Waals surface area contributed by atoms with Crippen LogP contribution in [0.2, 0.25) is 5.02 Å². The highest BCUT2D eigenvalue weighted by molar-refractivity contribution is 6.33. The predicted molar refractivity (Wildman–Crippen MR) is 81.8 cm³/mol. The summed E-state index contributed by atoms with van der Waals surface area (Å²) in [5, 5.41) is 0.317. The Morgan fingerprint density at radius 2 is 2.05 bits per heavy atom. The Balaban J connectivity index is 2.01. The van der Waals surface area contributed by atoms with Crippen LogP contribution in [0.3, 0.4) is 0 Å². The van der Waals surface area contributed by atoms with Gasteiger partial charge < -0.3 is 0 Å². The predicted octanol–water partition coefficient (Wildman–Crippen LogP) is 3.96. The number of aliphatic imine (C=N–C) groups is 2. The largest absolute Gasteiger partial charge is 0.240 e. The normalized spacial score (nSPS) is 24.8. The third-order valence-electron chi connectivity index (χ3n) is 3.77. The van der Waals surface area contributed by atoms with Crippen LogP contribution < -0.4 is 0 Å². The molecule has 6 heteroatoms. The number of isocyanates is 2. The summed E-state index contributed by atoms with van der Waals surface area (Å²) in [6, 6.07) is 5.31. The van der Waals surface area contributed by atoms with E-state index < -0.39 is 0 Å². The summed E-state index contributed by atoms with van der Waals surface area (Å²) < 4.78 is 0. The average molecular weight is 325 g/mol. The summed E-state index contributed by atoms with van der Waals surface area (Å²) in [6.45, 7) is 0. The van der Waals surface area contributed by atoms with E-state index in [4.69, 9.17) is 23.2 Å². The van der Waals surface area contributed by atoms with E-state index in [2.05, 4.69) is 9.98 Å². The van der Waals surface area contributed by atoms with E-state index in [0.29, 0.717) is 16.6 Å². The van der Waals surface area contributed by atoms with E-state index in [1.807, 2.05) is 12.1 Å². The standard InChI is InChI=1S/C15H14Cl2N2O2/c16-12-6-10(1-3-14(12)18-8-20)5-11-2-4-15(19-9-21)13(17)7-11/h1,3,6,11,13,15H,2,4-5,7H2. The monoisotopic (exact) mass is 324 g/mol. The molecule has 4 nitrogen and oxygen atoms in total. The van der Waals surface area contributed by atoms with E-state index in [-0.39, 0.29) is 11.4 Å². The van der Waals surface area contributed by atoms with Gasteiger partial charge in [-0.3, -0.25) is 0 Å². The number of halogens is 2. The molecule has 21 heavy (non-hydrogen) atoms. The topological polar surface area (TPSA) is 58.9 Å². The summed E-state index contributed by atoms with van der Waals surface area (Å²) >= 11 is 12.3. The van der Waals surface area contributed by atoms with Crippen LogP contribution in [0, 0.1) is 5.92 Å². The molecule has 1 aromatic carbocycles. The second-order valence-corrected chi connectivity index (χ2v) is 6.14. The summed E-state index contributed by atoms with van der Waals surface area (Å²) in [5.41, 5.74) is 1.51. The molecule has 0 heterocycles. The zero-order chi connectivity index (χ0) is 15.2. The van der Waals surface area contributed by atoms with Crippen molar-refractivity contribution in [3.05, 3.63) is 28.8 Å². The number of rotatable bonds is 4. The van der Waals surface area contributed by atoms with Crippen molar-refractivity contribution in [3.8, 4) is 0 Å². The van der Waals surface area contributed by atoms with Crippen molar-refractivity contribution in [2.24, 2.45) is 15.9 Å². The van der Waals surface area contributed by atoms with Crippen molar-refractivity contribution in [3.63, 3.8) is 0 Å². The Bertz CT molecular complexity index is 608. The van der Waals surface area contributed by atoms with E-state index in [0.717, 1.165) is 31.2 Å². The SMILES string of the molecule is O=C=Nc1ccc(CC2CCC(N=C=O)C(Cl)C2)cc1Cl. The molecule has 1 saturated carbocycles. The van der Waals surface area contributed by atoms with Gasteiger partial charge in [0.2, 0.25) is 12.2 Å². The number of nitrogens with zero attached hydrogens (tertiary/aromatic N) is 2. The molecule has 0 radical (unpaired) electrons. The van der Waals surface area contributed by atoms with Gasteiger partial charge in [0, 0.05) is 0 Å². The van der Waals surface area contributed by atoms with E-state index in [9.17, 15) is 9.59 Å². The molecule has 1 aliphatic carbocycles. The highest BCUT2D eigenvalue weighted by atomic mass is 35.5. The van der Waals surface area contributed by atoms with E-state index in [1.165, 1.54) is 6.08 Å². The number of benzene rings is 1. The highest BCUT2D eigenvalue weighted by Crippen LogP contribution is 2.33. The van der Waals surface area contributed by atoms with Crippen molar-refractivity contribution in [2.45, 2.75) is 37.1 Å². The van der Waals surface area contributed by atoms with Gasteiger partial charge in [0.1, 0.15) is 0 Å². The molecular weight excluding hydrogens is 311 g/mol. The molecule has 3 unspecified atom stereocenters. The Hall–Kier alpha value is -1.44. The van der Waals surface area contributed by atoms with Crippen molar-refractivity contribution in [1.82, 2.24) is 0 Å². The molecule has 0 aliphatic heterocycles. The second kappa shape index (κ2) is 7.53. The van der Waals surface area contributed by atoms with Crippen LogP contribution in [0.25, 0.3) is 0 Å². The van der Waals surface area contributed by atoms with Crippen LogP contribution in [0.1, 0.15) is 24.8 Å². The average Bonchev–Trinajstić information content (AvgIpc) is 2.45. The lowest BCUT2D eigenvalue weighted by molar-refractivity contribution is 0.330. The molecule has 0 saturated heterocycles. The van der Waals surface area contributed by atoms with Crippen LogP contribution in [-0.4, -0.2) is 23.6 Å². The molecule has 0 amide bonds. The zero-order valence-electron chi connectivity index (χ0n) is 11.3. The van der Waals surface area contributed by atoms with Crippen molar-refractivity contribution in [2.75, 3.05) is 0 Å². The number of hydrogen-bond donors (Lipinski definition) is 0. The Labute approximate surface area is 132 Å². The zero-order valence-corrected chi connectivity index (χ0v) is 12.8. The van der Waals surface area contributed by atoms with E-state index >= 15 is 0 Å². The minimum absolute atomic E-state index is 0.117. The van der Waals surface area contributed by atoms with Crippen LogP contribution in [0.4, 0.5) is 5.69 Å². The molecule has 0 aromatic heterocycles. The number of carbonyl (C=O) groups excluding carboxylic acids is 2. The fourth-order valence-electron chi connectivity index (χ4n) is 2.73. The van der Waals surface area contributed by atoms with Crippen LogP contribution in [-0.2, 0) is 16.0 Å². The van der Waals surface area contributed by atoms with Gasteiger partial charge in [-0.2, -0.15) is 4.99 Å². The molecule has 0 N–H and O–H groups in total. The summed E-state index contributed by atoms with van der Waals surface area (Å²) in [4.78, 5) is 27.8. The first-order valence-electron chi connectivity index (χ1n) is 6.71. The summed E-state index contributed by atoms with van der Waals surface area (Å²) in [6.07, 6.45) is 6.49. The third kappa shape index (κ3) is 4.26. The van der Waals surface area contributed by atoms with Gasteiger partial charge in [-0.1, -0.05) is 17.7 Å². The molecule has 1 aliphatic rings. The number of alkyl halides is 1. The molecule has 0 bridgehead atoms. The fraction of sp³-hybridized carbons (Fsp3) is 0.467. The van der Waals surface area contributed by atoms with Gasteiger partial charge in [0.05, 0.1) is 22.1 Å². The smallest absolute Gasteiger partial charge is 0.211 e. The van der Waals surface area contributed by atoms with Crippen molar-refractivity contribution < 1.29 is 9.59 Å². The van der Waals surface area contributed by atoms with Crippen LogP contribution >= 0.6 is 23.2 Å². The van der Waals surface area contributed by atoms with Gasteiger partial charge in [-0.15, -0.1) is 11.6 Å². The van der Waals surface area contributed by atoms with Gasteiger partial charge in [0.25, 0.3) is 0 Å². The molecule has 0 spiro atoms. The summed E-state index contributed by atoms with van der Waals surface area (Å²) in [5.74, 6) is 0.432. The minimum Gasteiger partial charge on any atom is -0.211 e. The number of hydrogen-bond acceptors (Lipinski definition) is 4. The molecule has 2 rings (SSSR count). The van der Waals surface area contributed by atoms with Gasteiger partial charge >= 0.3 is 0 Å². The van der Waals surface area contributed by atoms with Gasteiger partial charge in [-0.25, -0.2) is 14.6 Å². The quantitative estimate of drug-likeness (QED) is 0.478. The molecule has 1 fully saturated rings. The first-order chi connectivity index (χ1) is 10.1. The third-order valence-corrected chi connectivity index (χ3v) is 4.54. The molecule has 3 atom stereocenters. The Kier molecular flexibility index (Phi) is 5.72. The maximum absolute atomic E-state index is 10.3. The molecule has 1 aromatic rings. The first kappa shape index (κ1) is 15.9. The van der Waals surface area contributed by atoms with Gasteiger partial charge in [-0.05, 0) is 49.3 Å². The summed E-state index contributed by atoms with van der Waals surface area (Å²) in [7, 11) is 0. The lowest BCUT2D eigenvalue weighted by Gasteiger charge is -2.29. The lowest BCUT2D eigenvalue weighted by atomic mass is 9.82. The Morgan fingerprint density at radius 3 is 2.67 bits per heavy atom. The van der Waals surface area contributed by atoms with E-state index in [1.54, 1.807) is 12.1 Å². The minimum atomic E-state index is -0.125. The van der Waals surface area contributed by atoms with Crippen molar-refractivity contribution >= 4 is 41.0 Å². The highest BCUT2D eigenvalue weighted by Gasteiger charge is 2.29. The maximum Gasteiger partial charge on any atom is 0.240 e. The van der Waals surface area contributed by atoms with Crippen molar-refractivity contribution in [1.29, 1.82) is 0 Å². The van der Waals surface area contributed by atoms with Gasteiger partial charge in [0.15, 0.2) is 0 Å². The fourth-order valence-corrected chi connectivity index (χ4v) is 3.41.